The molecule has 1 atom stereocenters. The predicted octanol–water partition coefficient (Wildman–Crippen LogP) is 4.17. The van der Waals surface area contributed by atoms with Gasteiger partial charge >= 0.3 is 6.01 Å². The lowest BCUT2D eigenvalue weighted by Crippen LogP contribution is -2.35. The third-order valence-corrected chi connectivity index (χ3v) is 7.15. The molecule has 0 aliphatic carbocycles. The highest BCUT2D eigenvalue weighted by Gasteiger charge is 2.28. The minimum Gasteiger partial charge on any atom is -0.403 e. The molecular weight excluding hydrogens is 476 g/mol. The van der Waals surface area contributed by atoms with Crippen LogP contribution in [0.25, 0.3) is 11.5 Å². The molecular formula is C26H24N6O3S. The second-order valence-electron chi connectivity index (χ2n) is 8.51. The number of aromatic nitrogens is 2. The second kappa shape index (κ2) is 9.56. The molecule has 4 aromatic rings. The minimum atomic E-state index is -0.955. The van der Waals surface area contributed by atoms with Crippen molar-refractivity contribution >= 4 is 39.7 Å². The molecule has 0 bridgehead atoms. The maximum atomic E-state index is 13.1. The van der Waals surface area contributed by atoms with Crippen molar-refractivity contribution in [3.05, 3.63) is 76.7 Å². The van der Waals surface area contributed by atoms with Gasteiger partial charge in [0, 0.05) is 29.1 Å². The number of fused-ring (bicyclic) bond motifs is 1. The van der Waals surface area contributed by atoms with Gasteiger partial charge in [0.05, 0.1) is 30.2 Å². The number of ether oxygens (including phenoxy) is 1. The summed E-state index contributed by atoms with van der Waals surface area (Å²) in [6.07, 6.45) is -0.955. The van der Waals surface area contributed by atoms with Crippen LogP contribution in [-0.2, 0) is 9.53 Å². The van der Waals surface area contributed by atoms with Gasteiger partial charge in [-0.15, -0.1) is 16.4 Å². The summed E-state index contributed by atoms with van der Waals surface area (Å²) in [4.78, 5) is 21.3. The molecule has 0 unspecified atom stereocenters. The fraction of sp³-hybridized carbons (Fsp3) is 0.231. The highest BCUT2D eigenvalue weighted by molar-refractivity contribution is 7.16. The lowest BCUT2D eigenvalue weighted by atomic mass is 10.0. The molecule has 4 heterocycles. The molecule has 0 radical (unpaired) electrons. The van der Waals surface area contributed by atoms with Crippen LogP contribution in [0.4, 0.5) is 16.7 Å². The Labute approximate surface area is 211 Å². The Morgan fingerprint density at radius 3 is 2.64 bits per heavy atom. The van der Waals surface area contributed by atoms with Crippen molar-refractivity contribution in [3.63, 3.8) is 0 Å². The number of benzene rings is 2. The predicted molar refractivity (Wildman–Crippen MR) is 140 cm³/mol. The van der Waals surface area contributed by atoms with E-state index in [1.54, 1.807) is 11.3 Å². The number of nitrogens with zero attached hydrogens (tertiary/aromatic N) is 4. The second-order valence-corrected chi connectivity index (χ2v) is 9.75. The molecule has 1 fully saturated rings. The zero-order valence-electron chi connectivity index (χ0n) is 19.6. The Balaban J connectivity index is 1.31. The van der Waals surface area contributed by atoms with Crippen LogP contribution in [0.5, 0.6) is 0 Å². The van der Waals surface area contributed by atoms with Gasteiger partial charge < -0.3 is 24.7 Å². The summed E-state index contributed by atoms with van der Waals surface area (Å²) in [7, 11) is 0. The van der Waals surface area contributed by atoms with Gasteiger partial charge in [-0.05, 0) is 19.1 Å². The van der Waals surface area contributed by atoms with E-state index in [1.807, 2.05) is 60.7 Å². The van der Waals surface area contributed by atoms with Gasteiger partial charge in [-0.2, -0.15) is 0 Å². The number of carbonyl (C=O) groups excluding carboxylic acids is 1. The van der Waals surface area contributed by atoms with E-state index in [9.17, 15) is 4.79 Å². The van der Waals surface area contributed by atoms with E-state index >= 15 is 0 Å². The number of hydrogen-bond acceptors (Lipinski definition) is 9. The zero-order chi connectivity index (χ0) is 24.5. The van der Waals surface area contributed by atoms with Crippen molar-refractivity contribution in [2.45, 2.75) is 13.1 Å². The summed E-state index contributed by atoms with van der Waals surface area (Å²) >= 11 is 1.69. The monoisotopic (exact) mass is 500 g/mol. The van der Waals surface area contributed by atoms with Crippen molar-refractivity contribution in [3.8, 4) is 11.5 Å². The van der Waals surface area contributed by atoms with E-state index in [-0.39, 0.29) is 11.9 Å². The molecule has 6 rings (SSSR count). The highest BCUT2D eigenvalue weighted by atomic mass is 32.1. The smallest absolute Gasteiger partial charge is 0.317 e. The fourth-order valence-electron chi connectivity index (χ4n) is 4.34. The Morgan fingerprint density at radius 1 is 1.03 bits per heavy atom. The molecule has 0 saturated carbocycles. The number of benzodiazepines with no additional fused rings is 1. The number of para-hydroxylation sites is 1. The number of nitrogens with one attached hydrogen (secondary N) is 2. The van der Waals surface area contributed by atoms with E-state index in [1.165, 1.54) is 0 Å². The van der Waals surface area contributed by atoms with Gasteiger partial charge in [-0.3, -0.25) is 4.79 Å². The Morgan fingerprint density at radius 2 is 1.81 bits per heavy atom. The molecule has 10 heteroatoms. The Bertz CT molecular complexity index is 1420. The Kier molecular flexibility index (Phi) is 5.96. The van der Waals surface area contributed by atoms with E-state index in [2.05, 4.69) is 32.7 Å². The van der Waals surface area contributed by atoms with E-state index in [0.29, 0.717) is 30.5 Å². The van der Waals surface area contributed by atoms with Gasteiger partial charge in [0.25, 0.3) is 11.8 Å². The largest absolute Gasteiger partial charge is 0.403 e. The Hall–Kier alpha value is -4.02. The first-order valence-corrected chi connectivity index (χ1v) is 12.5. The summed E-state index contributed by atoms with van der Waals surface area (Å²) in [6.45, 7) is 5.06. The van der Waals surface area contributed by atoms with E-state index < -0.39 is 6.17 Å². The number of morpholine rings is 1. The summed E-state index contributed by atoms with van der Waals surface area (Å²) in [6, 6.07) is 19.6. The first-order valence-electron chi connectivity index (χ1n) is 11.7. The minimum absolute atomic E-state index is 0.129. The van der Waals surface area contributed by atoms with E-state index in [0.717, 1.165) is 39.7 Å². The molecule has 2 aromatic heterocycles. The normalized spacial score (nSPS) is 17.7. The molecule has 0 spiro atoms. The number of hydrogen-bond donors (Lipinski definition) is 2. The van der Waals surface area contributed by atoms with Gasteiger partial charge in [0.15, 0.2) is 0 Å². The lowest BCUT2D eigenvalue weighted by molar-refractivity contribution is -0.116. The van der Waals surface area contributed by atoms with Crippen LogP contribution in [0.1, 0.15) is 16.0 Å². The molecule has 2 N–H and O–H groups in total. The van der Waals surface area contributed by atoms with Crippen molar-refractivity contribution in [1.29, 1.82) is 0 Å². The number of amides is 1. The number of anilines is 3. The quantitative estimate of drug-likeness (QED) is 0.424. The maximum Gasteiger partial charge on any atom is 0.317 e. The van der Waals surface area contributed by atoms with Crippen LogP contribution >= 0.6 is 11.3 Å². The van der Waals surface area contributed by atoms with Crippen molar-refractivity contribution in [2.75, 3.05) is 41.8 Å². The van der Waals surface area contributed by atoms with Crippen LogP contribution < -0.4 is 15.5 Å². The molecule has 9 nitrogen and oxygen atoms in total. The van der Waals surface area contributed by atoms with Gasteiger partial charge in [-0.25, -0.2) is 4.99 Å². The van der Waals surface area contributed by atoms with Gasteiger partial charge in [0.2, 0.25) is 6.17 Å². The molecule has 2 aliphatic rings. The average molecular weight is 501 g/mol. The van der Waals surface area contributed by atoms with Crippen LogP contribution in [0.3, 0.4) is 0 Å². The number of carbonyl (C=O) groups is 1. The number of rotatable bonds is 5. The van der Waals surface area contributed by atoms with Gasteiger partial charge in [-0.1, -0.05) is 53.6 Å². The van der Waals surface area contributed by atoms with Crippen LogP contribution in [0.15, 0.2) is 70.1 Å². The molecule has 1 amide bonds. The summed E-state index contributed by atoms with van der Waals surface area (Å²) in [5, 5.41) is 15.5. The third kappa shape index (κ3) is 4.36. The van der Waals surface area contributed by atoms with Gasteiger partial charge in [0.1, 0.15) is 5.00 Å². The maximum absolute atomic E-state index is 13.1. The van der Waals surface area contributed by atoms with Crippen LogP contribution in [0.2, 0.25) is 0 Å². The highest BCUT2D eigenvalue weighted by Crippen LogP contribution is 2.39. The molecule has 2 aliphatic heterocycles. The summed E-state index contributed by atoms with van der Waals surface area (Å²) < 4.78 is 11.5. The first-order chi connectivity index (χ1) is 17.7. The number of aryl methyl sites for hydroxylation is 1. The average Bonchev–Trinajstić information content (AvgIpc) is 3.51. The number of thiophene rings is 1. The van der Waals surface area contributed by atoms with Crippen LogP contribution in [0, 0.1) is 6.92 Å². The lowest BCUT2D eigenvalue weighted by Gasteiger charge is -2.28. The first kappa shape index (κ1) is 22.4. The number of aliphatic imine (C=N–C) groups is 1. The zero-order valence-corrected chi connectivity index (χ0v) is 20.4. The summed E-state index contributed by atoms with van der Waals surface area (Å²) in [5.41, 5.74) is 4.03. The van der Waals surface area contributed by atoms with Crippen LogP contribution in [-0.4, -0.2) is 54.3 Å². The molecule has 36 heavy (non-hydrogen) atoms. The SMILES string of the molecule is Cc1cc(-c2nnc(N[C@H]3N=C(c4ccccc4)c4ccccc4NC3=O)o2)c(N2CCOCC2)s1. The molecule has 2 aromatic carbocycles. The van der Waals surface area contributed by atoms with Crippen molar-refractivity contribution < 1.29 is 13.9 Å². The standard InChI is InChI=1S/C26H24N6O3S/c1-16-15-19(25(36-16)32-11-13-34-14-12-32)24-30-31-26(35-24)29-22-23(33)27-20-10-6-5-9-18(20)21(28-22)17-7-3-2-4-8-17/h2-10,15,22H,11-14H2,1H3,(H,27,33)(H,29,31)/t22-/m1/s1. The van der Waals surface area contributed by atoms with Crippen molar-refractivity contribution in [2.24, 2.45) is 4.99 Å². The van der Waals surface area contributed by atoms with Crippen molar-refractivity contribution in [1.82, 2.24) is 10.2 Å². The topological polar surface area (TPSA) is 105 Å². The van der Waals surface area contributed by atoms with E-state index in [4.69, 9.17) is 14.1 Å². The summed E-state index contributed by atoms with van der Waals surface area (Å²) in [5.74, 6) is 0.0847. The molecule has 1 saturated heterocycles. The third-order valence-electron chi connectivity index (χ3n) is 6.04. The fourth-order valence-corrected chi connectivity index (χ4v) is 5.39. The molecule has 182 valence electrons.